The van der Waals surface area contributed by atoms with Crippen LogP contribution in [0.25, 0.3) is 0 Å². The first-order valence-electron chi connectivity index (χ1n) is 14.9. The van der Waals surface area contributed by atoms with Gasteiger partial charge in [-0.1, -0.05) is 19.1 Å². The number of amides is 3. The summed E-state index contributed by atoms with van der Waals surface area (Å²) in [6.07, 6.45) is 0.173. The molecule has 6 N–H and O–H groups in total. The lowest BCUT2D eigenvalue weighted by Gasteiger charge is -2.47. The van der Waals surface area contributed by atoms with Gasteiger partial charge in [-0.25, -0.2) is 15.2 Å². The van der Waals surface area contributed by atoms with Gasteiger partial charge < -0.3 is 25.2 Å². The van der Waals surface area contributed by atoms with E-state index in [2.05, 4.69) is 61.0 Å². The number of benzene rings is 2. The first kappa shape index (κ1) is 29.0. The molecule has 3 amide bonds. The van der Waals surface area contributed by atoms with Crippen LogP contribution in [0.4, 0.5) is 16.2 Å². The number of carbonyl (C=O) groups excluding carboxylic acids is 2. The molecule has 0 aromatic heterocycles. The zero-order valence-electron chi connectivity index (χ0n) is 24.3. The number of ether oxygens (including phenoxy) is 1. The average molecular weight is 579 g/mol. The Balaban J connectivity index is 1.05. The zero-order chi connectivity index (χ0) is 29.1. The van der Waals surface area contributed by atoms with E-state index in [1.165, 1.54) is 0 Å². The van der Waals surface area contributed by atoms with E-state index >= 15 is 0 Å². The number of rotatable bonds is 6. The molecule has 4 saturated heterocycles. The van der Waals surface area contributed by atoms with Crippen molar-refractivity contribution in [2.75, 3.05) is 76.7 Å². The quantitative estimate of drug-likeness (QED) is 0.290. The molecule has 0 radical (unpaired) electrons. The van der Waals surface area contributed by atoms with Gasteiger partial charge >= 0.3 is 6.03 Å². The van der Waals surface area contributed by atoms with Crippen LogP contribution in [0.2, 0.25) is 0 Å². The minimum atomic E-state index is -0.341. The molecule has 2 aromatic rings. The smallest absolute Gasteiger partial charge is 0.323 e. The minimum absolute atomic E-state index is 0.0239. The van der Waals surface area contributed by atoms with Crippen LogP contribution in [0.5, 0.6) is 0 Å². The van der Waals surface area contributed by atoms with Gasteiger partial charge in [0.1, 0.15) is 0 Å². The van der Waals surface area contributed by atoms with Crippen LogP contribution in [0, 0.1) is 0 Å². The summed E-state index contributed by atoms with van der Waals surface area (Å²) in [4.78, 5) is 32.0. The highest BCUT2D eigenvalue weighted by atomic mass is 16.5. The van der Waals surface area contributed by atoms with Gasteiger partial charge in [-0.2, -0.15) is 5.53 Å². The lowest BCUT2D eigenvalue weighted by atomic mass is 10.0. The first-order chi connectivity index (χ1) is 20.5. The Morgan fingerprint density at radius 1 is 0.857 bits per heavy atom. The van der Waals surface area contributed by atoms with Crippen LogP contribution < -0.4 is 32.2 Å². The fourth-order valence-electron chi connectivity index (χ4n) is 6.04. The van der Waals surface area contributed by atoms with Crippen molar-refractivity contribution in [2.45, 2.75) is 31.5 Å². The van der Waals surface area contributed by atoms with E-state index in [1.807, 2.05) is 29.2 Å². The van der Waals surface area contributed by atoms with E-state index in [4.69, 9.17) is 4.74 Å². The number of hydrogen-bond donors (Lipinski definition) is 6. The van der Waals surface area contributed by atoms with E-state index in [1.54, 1.807) is 24.3 Å². The number of nitrogens with zero attached hydrogens (tertiary/aromatic N) is 4. The summed E-state index contributed by atoms with van der Waals surface area (Å²) in [7, 11) is 2.06. The Hall–Kier alpha value is -3.14. The van der Waals surface area contributed by atoms with Crippen LogP contribution in [-0.2, 0) is 4.74 Å². The second kappa shape index (κ2) is 13.0. The Kier molecular flexibility index (Phi) is 8.97. The molecular weight excluding hydrogens is 536 g/mol. The molecule has 4 heterocycles. The molecule has 0 aliphatic carbocycles. The molecule has 0 bridgehead atoms. The summed E-state index contributed by atoms with van der Waals surface area (Å²) >= 11 is 0. The van der Waals surface area contributed by atoms with Crippen LogP contribution in [0.1, 0.15) is 29.0 Å². The Morgan fingerprint density at radius 2 is 1.48 bits per heavy atom. The lowest BCUT2D eigenvalue weighted by molar-refractivity contribution is -0.0249. The van der Waals surface area contributed by atoms with Crippen molar-refractivity contribution in [3.8, 4) is 0 Å². The van der Waals surface area contributed by atoms with Crippen molar-refractivity contribution < 1.29 is 14.3 Å². The topological polar surface area (TPSA) is 129 Å². The Morgan fingerprint density at radius 3 is 2.12 bits per heavy atom. The van der Waals surface area contributed by atoms with Gasteiger partial charge in [-0.3, -0.25) is 20.3 Å². The maximum absolute atomic E-state index is 12.8. The Bertz CT molecular complexity index is 1220. The molecule has 226 valence electrons. The van der Waals surface area contributed by atoms with Gasteiger partial charge in [0.2, 0.25) is 0 Å². The van der Waals surface area contributed by atoms with E-state index < -0.39 is 0 Å². The van der Waals surface area contributed by atoms with Crippen molar-refractivity contribution in [3.05, 3.63) is 59.7 Å². The molecule has 13 heteroatoms. The summed E-state index contributed by atoms with van der Waals surface area (Å²) in [6, 6.07) is 14.8. The Labute approximate surface area is 246 Å². The summed E-state index contributed by atoms with van der Waals surface area (Å²) in [6.45, 7) is 9.44. The summed E-state index contributed by atoms with van der Waals surface area (Å²) in [5.41, 5.74) is 9.78. The number of urea groups is 1. The van der Waals surface area contributed by atoms with Gasteiger partial charge in [0.05, 0.1) is 37.8 Å². The van der Waals surface area contributed by atoms with Gasteiger partial charge in [0.25, 0.3) is 5.91 Å². The fraction of sp³-hybridized carbons (Fsp3) is 0.517. The van der Waals surface area contributed by atoms with Crippen LogP contribution in [0.15, 0.2) is 48.5 Å². The molecule has 42 heavy (non-hydrogen) atoms. The molecule has 13 nitrogen and oxygen atoms in total. The normalized spacial score (nSPS) is 27.4. The molecule has 4 unspecified atom stereocenters. The molecule has 0 spiro atoms. The highest BCUT2D eigenvalue weighted by molar-refractivity contribution is 6.00. The SMILES string of the molecule is CCN1NNC2C(N3CCOCC3)NC(c3ccc(NC(=O)Nc4ccc(C(=O)N5CCN(C)CC5)cc4)cc3)NC21. The van der Waals surface area contributed by atoms with Gasteiger partial charge in [0, 0.05) is 62.8 Å². The zero-order valence-corrected chi connectivity index (χ0v) is 24.3. The van der Waals surface area contributed by atoms with Gasteiger partial charge in [-0.15, -0.1) is 0 Å². The molecule has 0 saturated carbocycles. The first-order valence-corrected chi connectivity index (χ1v) is 14.9. The highest BCUT2D eigenvalue weighted by Gasteiger charge is 2.46. The fourth-order valence-corrected chi connectivity index (χ4v) is 6.04. The van der Waals surface area contributed by atoms with Crippen molar-refractivity contribution >= 4 is 23.3 Å². The monoisotopic (exact) mass is 578 g/mol. The molecule has 2 aromatic carbocycles. The highest BCUT2D eigenvalue weighted by Crippen LogP contribution is 2.25. The standard InChI is InChI=1S/C29H42N10O3/c1-3-39-27-24(34-35-39)26(37-16-18-42-19-17-37)32-25(33-27)20-4-8-22(9-5-20)30-29(41)31-23-10-6-21(7-11-23)28(40)38-14-12-36(2)13-15-38/h4-11,24-27,32-35H,3,12-19H2,1-2H3,(H2,30,31,41). The largest absolute Gasteiger partial charge is 0.379 e. The maximum atomic E-state index is 12.8. The summed E-state index contributed by atoms with van der Waals surface area (Å²) < 4.78 is 5.59. The number of fused-ring (bicyclic) bond motifs is 1. The molecule has 4 aliphatic heterocycles. The number of likely N-dealkylation sites (N-methyl/N-ethyl adjacent to an activating group) is 2. The van der Waals surface area contributed by atoms with Crippen molar-refractivity contribution in [2.24, 2.45) is 0 Å². The number of hydrogen-bond acceptors (Lipinski definition) is 10. The molecule has 4 aliphatic rings. The average Bonchev–Trinajstić information content (AvgIpc) is 3.45. The maximum Gasteiger partial charge on any atom is 0.323 e. The minimum Gasteiger partial charge on any atom is -0.379 e. The van der Waals surface area contributed by atoms with Crippen molar-refractivity contribution in [3.63, 3.8) is 0 Å². The van der Waals surface area contributed by atoms with Crippen LogP contribution >= 0.6 is 0 Å². The van der Waals surface area contributed by atoms with E-state index in [-0.39, 0.29) is 36.5 Å². The van der Waals surface area contributed by atoms with Gasteiger partial charge in [0.15, 0.2) is 0 Å². The number of anilines is 2. The van der Waals surface area contributed by atoms with Crippen molar-refractivity contribution in [1.82, 2.24) is 41.3 Å². The summed E-state index contributed by atoms with van der Waals surface area (Å²) in [5.74, 6) is 0.0239. The number of nitrogens with one attached hydrogen (secondary N) is 6. The second-order valence-electron chi connectivity index (χ2n) is 11.2. The third kappa shape index (κ3) is 6.43. The number of carbonyl (C=O) groups is 2. The molecule has 6 rings (SSSR count). The summed E-state index contributed by atoms with van der Waals surface area (Å²) in [5, 5.41) is 15.5. The number of hydrazine groups is 2. The van der Waals surface area contributed by atoms with E-state index in [9.17, 15) is 9.59 Å². The van der Waals surface area contributed by atoms with Gasteiger partial charge in [-0.05, 0) is 49.0 Å². The lowest BCUT2D eigenvalue weighted by Crippen LogP contribution is -2.70. The number of morpholine rings is 1. The van der Waals surface area contributed by atoms with Crippen LogP contribution in [-0.4, -0.2) is 116 Å². The molecule has 4 fully saturated rings. The second-order valence-corrected chi connectivity index (χ2v) is 11.2. The molecular formula is C29H42N10O3. The predicted molar refractivity (Wildman–Crippen MR) is 160 cm³/mol. The van der Waals surface area contributed by atoms with E-state index in [0.29, 0.717) is 16.9 Å². The van der Waals surface area contributed by atoms with Crippen LogP contribution in [0.3, 0.4) is 0 Å². The third-order valence-corrected chi connectivity index (χ3v) is 8.53. The number of piperazine rings is 1. The van der Waals surface area contributed by atoms with E-state index in [0.717, 1.165) is 64.6 Å². The molecule has 4 atom stereocenters. The third-order valence-electron chi connectivity index (χ3n) is 8.53. The predicted octanol–water partition coefficient (Wildman–Crippen LogP) is 0.607. The van der Waals surface area contributed by atoms with Crippen molar-refractivity contribution in [1.29, 1.82) is 0 Å².